The number of carbonyl (C=O) groups excluding carboxylic acids is 1. The van der Waals surface area contributed by atoms with E-state index in [2.05, 4.69) is 21.0 Å². The molecule has 0 atom stereocenters. The van der Waals surface area contributed by atoms with Gasteiger partial charge in [0, 0.05) is 17.9 Å². The van der Waals surface area contributed by atoms with E-state index in [0.717, 1.165) is 27.7 Å². The quantitative estimate of drug-likeness (QED) is 0.442. The summed E-state index contributed by atoms with van der Waals surface area (Å²) in [5.74, 6) is 0.484. The predicted molar refractivity (Wildman–Crippen MR) is 124 cm³/mol. The minimum Gasteiger partial charge on any atom is -0.361 e. The Bertz CT molecular complexity index is 1290. The van der Waals surface area contributed by atoms with Gasteiger partial charge in [-0.05, 0) is 77.7 Å². The molecule has 0 aliphatic carbocycles. The molecule has 1 aliphatic heterocycles. The van der Waals surface area contributed by atoms with E-state index in [0.29, 0.717) is 15.9 Å². The molecule has 0 bridgehead atoms. The number of fused-ring (bicyclic) bond motifs is 1. The van der Waals surface area contributed by atoms with Crippen molar-refractivity contribution in [1.82, 2.24) is 9.97 Å². The van der Waals surface area contributed by atoms with E-state index in [9.17, 15) is 4.79 Å². The molecule has 1 N–H and O–H groups in total. The highest BCUT2D eigenvalue weighted by molar-refractivity contribution is 8.19. The van der Waals surface area contributed by atoms with Gasteiger partial charge in [0.1, 0.15) is 0 Å². The third-order valence-corrected chi connectivity index (χ3v) is 5.77. The number of para-hydroxylation sites is 1. The Morgan fingerprint density at radius 3 is 2.73 bits per heavy atom. The SMILES string of the molecule is Cc1ccc(/N=C2\S/C(=C\c3ccc4[nH]ccc4c3)C(=O)N2c2ccccc2)nc1. The van der Waals surface area contributed by atoms with Crippen molar-refractivity contribution in [2.75, 3.05) is 4.90 Å². The fourth-order valence-corrected chi connectivity index (χ4v) is 4.28. The molecule has 2 aromatic carbocycles. The summed E-state index contributed by atoms with van der Waals surface area (Å²) in [6.07, 6.45) is 5.60. The Morgan fingerprint density at radius 2 is 1.93 bits per heavy atom. The van der Waals surface area contributed by atoms with Crippen LogP contribution in [0.2, 0.25) is 0 Å². The van der Waals surface area contributed by atoms with Crippen LogP contribution in [0.5, 0.6) is 0 Å². The Morgan fingerprint density at radius 1 is 1.07 bits per heavy atom. The van der Waals surface area contributed by atoms with Crippen molar-refractivity contribution in [2.45, 2.75) is 6.92 Å². The van der Waals surface area contributed by atoms with Crippen LogP contribution in [0.3, 0.4) is 0 Å². The topological polar surface area (TPSA) is 61.4 Å². The number of aliphatic imine (C=N–C) groups is 1. The molecule has 4 aromatic rings. The Balaban J connectivity index is 1.56. The summed E-state index contributed by atoms with van der Waals surface area (Å²) in [4.78, 5) is 27.8. The summed E-state index contributed by atoms with van der Waals surface area (Å²) in [6.45, 7) is 1.98. The van der Waals surface area contributed by atoms with Gasteiger partial charge >= 0.3 is 0 Å². The van der Waals surface area contributed by atoms with Gasteiger partial charge in [0.25, 0.3) is 5.91 Å². The minimum absolute atomic E-state index is 0.0915. The molecule has 0 saturated carbocycles. The molecule has 5 rings (SSSR count). The number of aryl methyl sites for hydroxylation is 1. The lowest BCUT2D eigenvalue weighted by molar-refractivity contribution is -0.113. The number of rotatable bonds is 3. The van der Waals surface area contributed by atoms with E-state index in [-0.39, 0.29) is 5.91 Å². The fourth-order valence-electron chi connectivity index (χ4n) is 3.29. The summed E-state index contributed by atoms with van der Waals surface area (Å²) < 4.78 is 0. The monoisotopic (exact) mass is 410 g/mol. The van der Waals surface area contributed by atoms with Crippen LogP contribution in [0.25, 0.3) is 17.0 Å². The van der Waals surface area contributed by atoms with Gasteiger partial charge in [-0.1, -0.05) is 30.3 Å². The molecule has 5 nitrogen and oxygen atoms in total. The van der Waals surface area contributed by atoms with Crippen LogP contribution in [0.15, 0.2) is 89.0 Å². The average Bonchev–Trinajstić information content (AvgIpc) is 3.34. The number of hydrogen-bond donors (Lipinski definition) is 1. The molecule has 6 heteroatoms. The van der Waals surface area contributed by atoms with E-state index < -0.39 is 0 Å². The molecule has 0 unspecified atom stereocenters. The largest absolute Gasteiger partial charge is 0.361 e. The molecule has 0 spiro atoms. The molecule has 146 valence electrons. The summed E-state index contributed by atoms with van der Waals surface area (Å²) >= 11 is 1.36. The van der Waals surface area contributed by atoms with Crippen molar-refractivity contribution in [3.8, 4) is 0 Å². The first-order valence-electron chi connectivity index (χ1n) is 9.55. The maximum Gasteiger partial charge on any atom is 0.271 e. The van der Waals surface area contributed by atoms with Crippen LogP contribution in [0.4, 0.5) is 11.5 Å². The van der Waals surface area contributed by atoms with Crippen LogP contribution in [-0.4, -0.2) is 21.0 Å². The van der Waals surface area contributed by atoms with Gasteiger partial charge in [-0.2, -0.15) is 0 Å². The second kappa shape index (κ2) is 7.65. The molecule has 3 heterocycles. The highest BCUT2D eigenvalue weighted by Crippen LogP contribution is 2.37. The Labute approximate surface area is 178 Å². The third-order valence-electron chi connectivity index (χ3n) is 4.80. The molecule has 1 saturated heterocycles. The highest BCUT2D eigenvalue weighted by atomic mass is 32.2. The van der Waals surface area contributed by atoms with Gasteiger partial charge in [0.2, 0.25) is 0 Å². The van der Waals surface area contributed by atoms with Crippen molar-refractivity contribution in [3.63, 3.8) is 0 Å². The van der Waals surface area contributed by atoms with Crippen molar-refractivity contribution < 1.29 is 4.79 Å². The van der Waals surface area contributed by atoms with Gasteiger partial charge in [0.05, 0.1) is 10.6 Å². The predicted octanol–water partition coefficient (Wildman–Crippen LogP) is 5.68. The highest BCUT2D eigenvalue weighted by Gasteiger charge is 2.34. The maximum absolute atomic E-state index is 13.3. The number of thioether (sulfide) groups is 1. The van der Waals surface area contributed by atoms with Crippen LogP contribution < -0.4 is 4.90 Å². The smallest absolute Gasteiger partial charge is 0.271 e. The molecular weight excluding hydrogens is 392 g/mol. The van der Waals surface area contributed by atoms with E-state index in [1.165, 1.54) is 11.8 Å². The molecule has 1 aliphatic rings. The van der Waals surface area contributed by atoms with Crippen molar-refractivity contribution >= 4 is 51.3 Å². The van der Waals surface area contributed by atoms with E-state index in [4.69, 9.17) is 0 Å². The maximum atomic E-state index is 13.3. The summed E-state index contributed by atoms with van der Waals surface area (Å²) in [6, 6.07) is 21.5. The normalized spacial score (nSPS) is 16.8. The fraction of sp³-hybridized carbons (Fsp3) is 0.0417. The molecule has 2 aromatic heterocycles. The van der Waals surface area contributed by atoms with E-state index in [1.54, 1.807) is 11.1 Å². The number of aromatic amines is 1. The van der Waals surface area contributed by atoms with Gasteiger partial charge in [-0.15, -0.1) is 0 Å². The first-order valence-corrected chi connectivity index (χ1v) is 10.4. The number of nitrogens with zero attached hydrogens (tertiary/aromatic N) is 3. The first kappa shape index (κ1) is 18.4. The number of carbonyl (C=O) groups is 1. The van der Waals surface area contributed by atoms with Crippen molar-refractivity contribution in [1.29, 1.82) is 0 Å². The number of amides is 1. The van der Waals surface area contributed by atoms with Crippen molar-refractivity contribution in [3.05, 3.63) is 95.2 Å². The summed E-state index contributed by atoms with van der Waals surface area (Å²) in [5, 5.41) is 1.70. The molecular formula is C24H18N4OS. The van der Waals surface area contributed by atoms with Gasteiger partial charge < -0.3 is 4.98 Å². The number of anilines is 1. The number of pyridine rings is 1. The number of nitrogens with one attached hydrogen (secondary N) is 1. The van der Waals surface area contributed by atoms with Gasteiger partial charge in [-0.25, -0.2) is 9.98 Å². The third kappa shape index (κ3) is 3.53. The Kier molecular flexibility index (Phi) is 4.69. The van der Waals surface area contributed by atoms with Crippen molar-refractivity contribution in [2.24, 2.45) is 4.99 Å². The second-order valence-electron chi connectivity index (χ2n) is 7.00. The lowest BCUT2D eigenvalue weighted by Gasteiger charge is -2.15. The van der Waals surface area contributed by atoms with E-state index in [1.807, 2.05) is 79.9 Å². The van der Waals surface area contributed by atoms with Crippen LogP contribution >= 0.6 is 11.8 Å². The lowest BCUT2D eigenvalue weighted by atomic mass is 10.1. The molecule has 30 heavy (non-hydrogen) atoms. The van der Waals surface area contributed by atoms with E-state index >= 15 is 0 Å². The first-order chi connectivity index (χ1) is 14.7. The number of benzene rings is 2. The zero-order chi connectivity index (χ0) is 20.5. The number of H-pyrrole nitrogens is 1. The van der Waals surface area contributed by atoms with Gasteiger partial charge in [0.15, 0.2) is 11.0 Å². The lowest BCUT2D eigenvalue weighted by Crippen LogP contribution is -2.28. The van der Waals surface area contributed by atoms with Crippen LogP contribution in [0.1, 0.15) is 11.1 Å². The molecule has 1 amide bonds. The minimum atomic E-state index is -0.0915. The second-order valence-corrected chi connectivity index (χ2v) is 8.01. The molecule has 0 radical (unpaired) electrons. The zero-order valence-electron chi connectivity index (χ0n) is 16.2. The standard InChI is InChI=1S/C24H18N4OS/c1-16-7-10-22(26-15-16)27-24-28(19-5-3-2-4-6-19)23(29)21(30-24)14-17-8-9-20-18(13-17)11-12-25-20/h2-15,25H,1H3/b21-14-,27-24-. The Hall–Kier alpha value is -3.64. The van der Waals surface area contributed by atoms with Crippen LogP contribution in [-0.2, 0) is 4.79 Å². The van der Waals surface area contributed by atoms with Crippen LogP contribution in [0, 0.1) is 6.92 Å². The number of hydrogen-bond acceptors (Lipinski definition) is 4. The number of amidine groups is 1. The molecule has 1 fully saturated rings. The average molecular weight is 411 g/mol. The van der Waals surface area contributed by atoms with Gasteiger partial charge in [-0.3, -0.25) is 9.69 Å². The summed E-state index contributed by atoms with van der Waals surface area (Å²) in [7, 11) is 0. The summed E-state index contributed by atoms with van der Waals surface area (Å²) in [5.41, 5.74) is 3.89. The zero-order valence-corrected chi connectivity index (χ0v) is 17.1. The number of aromatic nitrogens is 2.